The summed E-state index contributed by atoms with van der Waals surface area (Å²) in [4.78, 5) is 39.3. The molecule has 20 saturated carbocycles. The maximum atomic E-state index is 13.4. The molecule has 117 heavy (non-hydrogen) atoms. The van der Waals surface area contributed by atoms with E-state index in [1.165, 1.54) is 178 Å². The minimum atomic E-state index is -1.11. The van der Waals surface area contributed by atoms with Crippen molar-refractivity contribution in [3.8, 4) is 33.9 Å². The molecule has 4 aromatic carbocycles. The van der Waals surface area contributed by atoms with Gasteiger partial charge in [-0.15, -0.1) is 0 Å². The number of carbonyl (C=O) groups is 3. The molecule has 2 aromatic heterocycles. The third-order valence-corrected chi connectivity index (χ3v) is 32.1. The molecule has 1 amide bonds. The molecule has 11 N–H and O–H groups in total. The molecular formula is C93H122Cl6N14O4. The fourth-order valence-electron chi connectivity index (χ4n) is 28.3. The number of nitrogens with two attached hydrogens (primary N) is 3. The number of hydrogen-bond donors (Lipinski definition) is 8. The largest absolute Gasteiger partial charge is 0.476 e. The van der Waals surface area contributed by atoms with E-state index in [-0.39, 0.29) is 29.5 Å². The number of carboxylic acids is 1. The lowest BCUT2D eigenvalue weighted by atomic mass is 9.53. The van der Waals surface area contributed by atoms with Gasteiger partial charge in [-0.3, -0.25) is 9.59 Å². The summed E-state index contributed by atoms with van der Waals surface area (Å²) in [6.07, 6.45) is 43.5. The Hall–Kier alpha value is -5.28. The molecule has 630 valence electrons. The molecule has 20 fully saturated rings. The number of rotatable bonds is 20. The summed E-state index contributed by atoms with van der Waals surface area (Å²) in [5, 5.41) is 39.5. The highest BCUT2D eigenvalue weighted by molar-refractivity contribution is 6.36. The number of benzene rings is 4. The molecule has 0 spiro atoms. The Bertz CT molecular complexity index is 4390. The van der Waals surface area contributed by atoms with Crippen molar-refractivity contribution in [3.63, 3.8) is 0 Å². The quantitative estimate of drug-likeness (QED) is 0.0116. The van der Waals surface area contributed by atoms with Gasteiger partial charge in [-0.1, -0.05) is 99.0 Å². The van der Waals surface area contributed by atoms with Gasteiger partial charge in [0.1, 0.15) is 12.2 Å². The van der Waals surface area contributed by atoms with E-state index in [1.807, 2.05) is 37.3 Å². The maximum absolute atomic E-state index is 13.4. The Balaban J connectivity index is 0.000000111. The highest BCUT2D eigenvalue weighted by Crippen LogP contribution is 2.60. The zero-order valence-corrected chi connectivity index (χ0v) is 73.0. The molecule has 0 saturated heterocycles. The molecule has 18 nitrogen and oxygen atoms in total. The van der Waals surface area contributed by atoms with Gasteiger partial charge in [0.05, 0.1) is 32.8 Å². The normalized spacial score (nSPS) is 34.2. The molecule has 0 unspecified atom stereocenters. The molecular weight excluding hydrogens is 1590 g/mol. The van der Waals surface area contributed by atoms with Crippen molar-refractivity contribution in [2.75, 3.05) is 39.3 Å². The van der Waals surface area contributed by atoms with Crippen molar-refractivity contribution in [3.05, 3.63) is 148 Å². The summed E-state index contributed by atoms with van der Waals surface area (Å²) < 4.78 is 3.28. The first-order chi connectivity index (χ1) is 56.2. The lowest BCUT2D eigenvalue weighted by molar-refractivity contribution is -0.125. The second-order valence-electron chi connectivity index (χ2n) is 39.9. The number of hydrogen-bond acceptors (Lipinski definition) is 12. The van der Waals surface area contributed by atoms with E-state index in [0.29, 0.717) is 87.0 Å². The van der Waals surface area contributed by atoms with Gasteiger partial charge in [-0.2, -0.15) is 10.2 Å². The van der Waals surface area contributed by atoms with E-state index in [2.05, 4.69) is 36.4 Å². The number of ketones is 1. The Morgan fingerprint density at radius 3 is 1.06 bits per heavy atom. The van der Waals surface area contributed by atoms with E-state index in [9.17, 15) is 19.5 Å². The first-order valence-corrected chi connectivity index (χ1v) is 46.6. The van der Waals surface area contributed by atoms with Crippen molar-refractivity contribution in [1.82, 2.24) is 40.8 Å². The zero-order chi connectivity index (χ0) is 81.7. The summed E-state index contributed by atoms with van der Waals surface area (Å²) >= 11 is 37.0. The van der Waals surface area contributed by atoms with Crippen LogP contribution in [0.15, 0.2) is 90.0 Å². The van der Waals surface area contributed by atoms with Crippen molar-refractivity contribution in [2.24, 2.45) is 111 Å². The van der Waals surface area contributed by atoms with Crippen LogP contribution in [0.1, 0.15) is 238 Å². The predicted molar refractivity (Wildman–Crippen MR) is 471 cm³/mol. The van der Waals surface area contributed by atoms with Gasteiger partial charge < -0.3 is 43.6 Å². The molecule has 0 aliphatic heterocycles. The monoisotopic (exact) mass is 1710 g/mol. The lowest BCUT2D eigenvalue weighted by Crippen LogP contribution is -2.60. The van der Waals surface area contributed by atoms with E-state index in [0.717, 1.165) is 170 Å². The van der Waals surface area contributed by atoms with Gasteiger partial charge in [0, 0.05) is 108 Å². The summed E-state index contributed by atoms with van der Waals surface area (Å²) in [5.74, 6) is 13.4. The third kappa shape index (κ3) is 19.6. The van der Waals surface area contributed by atoms with Crippen LogP contribution in [-0.4, -0.2) is 109 Å². The third-order valence-electron chi connectivity index (χ3n) is 30.5. The number of carboxylic acid groups (broad SMARTS) is 1. The van der Waals surface area contributed by atoms with Crippen molar-refractivity contribution < 1.29 is 19.5 Å². The Kier molecular flexibility index (Phi) is 26.2. The topological polar surface area (TPSA) is 282 Å². The van der Waals surface area contributed by atoms with Crippen LogP contribution in [-0.2, 0) is 4.79 Å². The number of azide groups is 1. The number of aromatic carboxylic acids is 1. The molecule has 20 bridgehead atoms. The summed E-state index contributed by atoms with van der Waals surface area (Å²) in [6, 6.07) is 24.9. The van der Waals surface area contributed by atoms with Crippen LogP contribution in [0, 0.1) is 103 Å². The number of aromatic nitrogens is 4. The van der Waals surface area contributed by atoms with Gasteiger partial charge in [0.15, 0.2) is 11.5 Å². The van der Waals surface area contributed by atoms with Crippen LogP contribution in [0.5, 0.6) is 0 Å². The van der Waals surface area contributed by atoms with Crippen molar-refractivity contribution >= 4 is 87.3 Å². The molecule has 0 radical (unpaired) electrons. The van der Waals surface area contributed by atoms with Crippen LogP contribution >= 0.6 is 69.6 Å². The highest BCUT2D eigenvalue weighted by atomic mass is 35.5. The smallest absolute Gasteiger partial charge is 0.356 e. The number of amides is 1. The first-order valence-electron chi connectivity index (χ1n) is 44.3. The number of carbonyl (C=O) groups excluding carboxylic acids is 2. The van der Waals surface area contributed by atoms with E-state index < -0.39 is 5.97 Å². The number of Topliss-reactive ketones (excluding diaryl/α,β-unsaturated/α-hetero) is 1. The minimum absolute atomic E-state index is 0.0361. The van der Waals surface area contributed by atoms with Crippen LogP contribution < -0.4 is 38.5 Å². The Morgan fingerprint density at radius 1 is 0.453 bits per heavy atom. The standard InChI is InChI=1S/C30H32Cl3N3O.C17H11Cl3N2O2.C12H18N4O.2C12H22N2.C10H17N/c1-18-28(27(37)3-2-10-34-30-15-19-11-20(16-30)13-21(12-19)17-30)35-36(26-9-8-24(32)14-25(26)33)29(18)22-4-6-23(31)7-5-22;1-9-15(17(23)24)21-22(14-7-6-12(19)8-13(14)20)16(9)10-2-4-11(18)5-3-10;13-16-14-7-11(17)15-12-4-8-1-9(5-12)3-10(2-8)6-12;2*13-1-2-14-12-6-9-3-10(7-12)5-11(4-9)8-12;11-10-4-7-1-8(5-10)3-9(2-7)6-10/h4-9,14,19-21,34H,2-3,10-13,15-17H2,1H3;2-8H,1H3,(H,23,24);8-10H,1-7H2,(H,15,17);2*9-11,14H,1-8,13H2;7-9H,1-6,11H2. The fourth-order valence-corrected chi connectivity index (χ4v) is 29.5. The summed E-state index contributed by atoms with van der Waals surface area (Å²) in [6.45, 7) is 8.11. The van der Waals surface area contributed by atoms with Gasteiger partial charge in [0.25, 0.3) is 0 Å². The zero-order valence-electron chi connectivity index (χ0n) is 68.4. The average molecular weight is 1710 g/mol. The van der Waals surface area contributed by atoms with E-state index >= 15 is 0 Å². The second-order valence-corrected chi connectivity index (χ2v) is 42.4. The second kappa shape index (κ2) is 35.9. The van der Waals surface area contributed by atoms with Gasteiger partial charge in [0.2, 0.25) is 5.91 Å². The van der Waals surface area contributed by atoms with Crippen LogP contribution in [0.3, 0.4) is 0 Å². The van der Waals surface area contributed by atoms with Gasteiger partial charge in [-0.25, -0.2) is 14.2 Å². The molecule has 20 aliphatic rings. The van der Waals surface area contributed by atoms with Gasteiger partial charge >= 0.3 is 5.97 Å². The average Bonchev–Trinajstić information content (AvgIpc) is 1.76. The molecule has 24 heteroatoms. The molecule has 20 aliphatic carbocycles. The van der Waals surface area contributed by atoms with Gasteiger partial charge in [-0.05, 0) is 374 Å². The highest BCUT2D eigenvalue weighted by Gasteiger charge is 2.55. The Labute approximate surface area is 721 Å². The summed E-state index contributed by atoms with van der Waals surface area (Å²) in [7, 11) is 0. The number of nitrogens with zero attached hydrogens (tertiary/aromatic N) is 7. The predicted octanol–water partition coefficient (Wildman–Crippen LogP) is 21.1. The maximum Gasteiger partial charge on any atom is 0.356 e. The molecule has 2 heterocycles. The number of halogens is 6. The fraction of sp³-hybridized carbons (Fsp3) is 0.645. The SMILES string of the molecule is Cc1c(C(=O)CCCNC23CC4CC(CC(C4)C2)C3)nn(-c2ccc(Cl)cc2Cl)c1-c1ccc(Cl)cc1.Cc1c(C(=O)O)nn(-c2ccc(Cl)cc2Cl)c1-c1ccc(Cl)cc1.NC12CC3CC(CC(C3)C1)C2.NCCNC12CC3CC(CC(C3)C1)C2.NCCNC12CC3CC(CC(C3)C1)C2.[N-]=[N+]=NCC(=O)NC12CC3CC(CC(C3)C1)C2. The molecule has 0 atom stereocenters. The van der Waals surface area contributed by atoms with Crippen molar-refractivity contribution in [2.45, 2.75) is 247 Å². The van der Waals surface area contributed by atoms with E-state index in [4.69, 9.17) is 97.4 Å². The van der Waals surface area contributed by atoms with Crippen LogP contribution in [0.25, 0.3) is 44.3 Å². The molecule has 26 rings (SSSR count). The lowest BCUT2D eigenvalue weighted by Gasteiger charge is -2.57. The summed E-state index contributed by atoms with van der Waals surface area (Å²) in [5.41, 5.74) is 33.7. The first kappa shape index (κ1) is 85.3. The molecule has 6 aromatic rings. The Morgan fingerprint density at radius 2 is 0.752 bits per heavy atom. The minimum Gasteiger partial charge on any atom is -0.476 e. The van der Waals surface area contributed by atoms with E-state index in [1.54, 1.807) is 66.2 Å². The van der Waals surface area contributed by atoms with Crippen molar-refractivity contribution in [1.29, 1.82) is 0 Å². The number of nitrogens with one attached hydrogen (secondary N) is 4. The van der Waals surface area contributed by atoms with Crippen LogP contribution in [0.2, 0.25) is 30.1 Å². The van der Waals surface area contributed by atoms with Crippen LogP contribution in [0.4, 0.5) is 0 Å².